The quantitative estimate of drug-likeness (QED) is 0.788. The van der Waals surface area contributed by atoms with E-state index in [0.717, 1.165) is 24.9 Å². The van der Waals surface area contributed by atoms with Gasteiger partial charge in [0, 0.05) is 17.7 Å². The summed E-state index contributed by atoms with van der Waals surface area (Å²) in [6.45, 7) is 2.41. The van der Waals surface area contributed by atoms with Gasteiger partial charge in [0.2, 0.25) is 0 Å². The van der Waals surface area contributed by atoms with Gasteiger partial charge >= 0.3 is 6.03 Å². The first-order valence-electron chi connectivity index (χ1n) is 7.56. The third kappa shape index (κ3) is 2.76. The van der Waals surface area contributed by atoms with E-state index in [1.807, 2.05) is 35.7 Å². The van der Waals surface area contributed by atoms with Crippen LogP contribution in [0.3, 0.4) is 0 Å². The summed E-state index contributed by atoms with van der Waals surface area (Å²) in [6, 6.07) is 5.42. The zero-order valence-corrected chi connectivity index (χ0v) is 12.6. The normalized spacial score (nSPS) is 24.5. The maximum atomic E-state index is 12.1. The van der Waals surface area contributed by atoms with E-state index in [9.17, 15) is 9.90 Å². The Morgan fingerprint density at radius 1 is 1.50 bits per heavy atom. The molecule has 0 saturated heterocycles. The van der Waals surface area contributed by atoms with Crippen molar-refractivity contribution >= 4 is 11.7 Å². The van der Waals surface area contributed by atoms with E-state index < -0.39 is 0 Å². The van der Waals surface area contributed by atoms with Gasteiger partial charge in [-0.2, -0.15) is 0 Å². The van der Waals surface area contributed by atoms with Crippen molar-refractivity contribution in [2.75, 3.05) is 6.61 Å². The molecule has 2 amide bonds. The highest BCUT2D eigenvalue weighted by molar-refractivity contribution is 5.74. The number of carbonyl (C=O) groups excluding carboxylic acids is 1. The maximum Gasteiger partial charge on any atom is 0.315 e. The number of aliphatic hydroxyl groups excluding tert-OH is 1. The molecule has 7 heteroatoms. The van der Waals surface area contributed by atoms with Crippen molar-refractivity contribution < 1.29 is 9.90 Å². The molecule has 7 nitrogen and oxygen atoms in total. The molecule has 2 unspecified atom stereocenters. The van der Waals surface area contributed by atoms with Crippen LogP contribution >= 0.6 is 0 Å². The summed E-state index contributed by atoms with van der Waals surface area (Å²) in [5, 5.41) is 23.4. The molecule has 3 rings (SSSR count). The Morgan fingerprint density at radius 3 is 3.18 bits per heavy atom. The second-order valence-corrected chi connectivity index (χ2v) is 6.13. The largest absolute Gasteiger partial charge is 0.396 e. The van der Waals surface area contributed by atoms with Crippen LogP contribution in [0.1, 0.15) is 32.0 Å². The number of amides is 2. The Bertz CT molecular complexity index is 671. The standard InChI is InChI=1S/C15H21N5O2/c1-15(10-21)7-4-5-11(15)17-14(22)16-9-13-19-18-12-6-2-3-8-20(12)13/h2-3,6,8,11,21H,4-5,7,9-10H2,1H3,(H2,16,17,22). The lowest BCUT2D eigenvalue weighted by atomic mass is 9.86. The predicted molar refractivity (Wildman–Crippen MR) is 81.2 cm³/mol. The zero-order valence-electron chi connectivity index (χ0n) is 12.6. The number of pyridine rings is 1. The van der Waals surface area contributed by atoms with Gasteiger partial charge in [0.05, 0.1) is 13.2 Å². The van der Waals surface area contributed by atoms with E-state index in [1.54, 1.807) is 0 Å². The summed E-state index contributed by atoms with van der Waals surface area (Å²) in [4.78, 5) is 12.1. The number of fused-ring (bicyclic) bond motifs is 1. The van der Waals surface area contributed by atoms with E-state index in [4.69, 9.17) is 0 Å². The first kappa shape index (κ1) is 14.8. The minimum atomic E-state index is -0.237. The smallest absolute Gasteiger partial charge is 0.315 e. The summed E-state index contributed by atoms with van der Waals surface area (Å²) in [7, 11) is 0. The van der Waals surface area contributed by atoms with Gasteiger partial charge < -0.3 is 15.7 Å². The molecular formula is C15H21N5O2. The number of urea groups is 1. The van der Waals surface area contributed by atoms with Crippen LogP contribution in [0.2, 0.25) is 0 Å². The Morgan fingerprint density at radius 2 is 2.36 bits per heavy atom. The number of aromatic nitrogens is 3. The average Bonchev–Trinajstić information content (AvgIpc) is 3.10. The second kappa shape index (κ2) is 5.92. The Kier molecular flexibility index (Phi) is 3.98. The number of hydrogen-bond acceptors (Lipinski definition) is 4. The molecule has 1 aliphatic carbocycles. The molecule has 0 aliphatic heterocycles. The molecule has 2 heterocycles. The molecular weight excluding hydrogens is 282 g/mol. The first-order valence-corrected chi connectivity index (χ1v) is 7.56. The van der Waals surface area contributed by atoms with Gasteiger partial charge in [0.25, 0.3) is 0 Å². The van der Waals surface area contributed by atoms with Crippen LogP contribution < -0.4 is 10.6 Å². The molecule has 0 bridgehead atoms. The molecule has 3 N–H and O–H groups in total. The van der Waals surface area contributed by atoms with Crippen LogP contribution in [0.25, 0.3) is 5.65 Å². The Labute approximate surface area is 128 Å². The van der Waals surface area contributed by atoms with Crippen molar-refractivity contribution in [1.82, 2.24) is 25.2 Å². The van der Waals surface area contributed by atoms with Gasteiger partial charge in [-0.15, -0.1) is 10.2 Å². The molecule has 22 heavy (non-hydrogen) atoms. The van der Waals surface area contributed by atoms with Crippen molar-refractivity contribution in [2.24, 2.45) is 5.41 Å². The predicted octanol–water partition coefficient (Wildman–Crippen LogP) is 1.08. The summed E-state index contributed by atoms with van der Waals surface area (Å²) in [6.07, 6.45) is 4.72. The van der Waals surface area contributed by atoms with Crippen LogP contribution in [0.15, 0.2) is 24.4 Å². The second-order valence-electron chi connectivity index (χ2n) is 6.13. The fourth-order valence-electron chi connectivity index (χ4n) is 3.05. The van der Waals surface area contributed by atoms with Crippen LogP contribution in [-0.2, 0) is 6.54 Å². The highest BCUT2D eigenvalue weighted by Gasteiger charge is 2.39. The highest BCUT2D eigenvalue weighted by atomic mass is 16.3. The van der Waals surface area contributed by atoms with Crippen LogP contribution in [0, 0.1) is 5.41 Å². The summed E-state index contributed by atoms with van der Waals surface area (Å²) < 4.78 is 1.84. The fraction of sp³-hybridized carbons (Fsp3) is 0.533. The molecule has 2 aromatic heterocycles. The van der Waals surface area contributed by atoms with E-state index in [1.165, 1.54) is 0 Å². The average molecular weight is 303 g/mol. The lowest BCUT2D eigenvalue weighted by Gasteiger charge is -2.30. The van der Waals surface area contributed by atoms with Gasteiger partial charge in [-0.1, -0.05) is 19.4 Å². The first-order chi connectivity index (χ1) is 10.6. The van der Waals surface area contributed by atoms with Gasteiger partial charge in [0.15, 0.2) is 11.5 Å². The van der Waals surface area contributed by atoms with Gasteiger partial charge in [-0.05, 0) is 25.0 Å². The molecule has 118 valence electrons. The third-order valence-corrected chi connectivity index (χ3v) is 4.54. The minimum absolute atomic E-state index is 0.00708. The van der Waals surface area contributed by atoms with Crippen molar-refractivity contribution in [2.45, 2.75) is 38.8 Å². The molecule has 2 atom stereocenters. The van der Waals surface area contributed by atoms with Gasteiger partial charge in [-0.3, -0.25) is 4.40 Å². The van der Waals surface area contributed by atoms with E-state index in [2.05, 4.69) is 20.8 Å². The lowest BCUT2D eigenvalue weighted by Crippen LogP contribution is -2.48. The molecule has 0 radical (unpaired) electrons. The summed E-state index contributed by atoms with van der Waals surface area (Å²) in [5.74, 6) is 0.682. The zero-order chi connectivity index (χ0) is 15.6. The fourth-order valence-corrected chi connectivity index (χ4v) is 3.05. The van der Waals surface area contributed by atoms with E-state index in [-0.39, 0.29) is 24.1 Å². The number of nitrogens with zero attached hydrogens (tertiary/aromatic N) is 3. The van der Waals surface area contributed by atoms with Crippen LogP contribution in [0.4, 0.5) is 4.79 Å². The number of aliphatic hydroxyl groups is 1. The SMILES string of the molecule is CC1(CO)CCCC1NC(=O)NCc1nnc2ccccn12. The monoisotopic (exact) mass is 303 g/mol. The third-order valence-electron chi connectivity index (χ3n) is 4.54. The molecule has 1 saturated carbocycles. The number of nitrogens with one attached hydrogen (secondary N) is 2. The summed E-state index contributed by atoms with van der Waals surface area (Å²) >= 11 is 0. The number of carbonyl (C=O) groups is 1. The van der Waals surface area contributed by atoms with Crippen molar-refractivity contribution in [3.8, 4) is 0 Å². The minimum Gasteiger partial charge on any atom is -0.396 e. The highest BCUT2D eigenvalue weighted by Crippen LogP contribution is 2.37. The van der Waals surface area contributed by atoms with E-state index >= 15 is 0 Å². The van der Waals surface area contributed by atoms with Gasteiger partial charge in [-0.25, -0.2) is 4.79 Å². The Hall–Kier alpha value is -2.15. The van der Waals surface area contributed by atoms with Crippen molar-refractivity contribution in [1.29, 1.82) is 0 Å². The Balaban J connectivity index is 1.59. The van der Waals surface area contributed by atoms with Gasteiger partial charge in [0.1, 0.15) is 0 Å². The molecule has 2 aromatic rings. The lowest BCUT2D eigenvalue weighted by molar-refractivity contribution is 0.121. The number of hydrogen-bond donors (Lipinski definition) is 3. The van der Waals surface area contributed by atoms with Crippen molar-refractivity contribution in [3.63, 3.8) is 0 Å². The summed E-state index contributed by atoms with van der Waals surface area (Å²) in [5.41, 5.74) is 0.530. The maximum absolute atomic E-state index is 12.1. The van der Waals surface area contributed by atoms with Crippen LogP contribution in [-0.4, -0.2) is 38.4 Å². The number of rotatable bonds is 4. The molecule has 0 aromatic carbocycles. The topological polar surface area (TPSA) is 91.5 Å². The van der Waals surface area contributed by atoms with Crippen molar-refractivity contribution in [3.05, 3.63) is 30.2 Å². The van der Waals surface area contributed by atoms with E-state index in [0.29, 0.717) is 12.4 Å². The van der Waals surface area contributed by atoms with Crippen LogP contribution in [0.5, 0.6) is 0 Å². The molecule has 1 fully saturated rings. The molecule has 1 aliphatic rings. The molecule has 0 spiro atoms.